The van der Waals surface area contributed by atoms with E-state index < -0.39 is 24.7 Å². The summed E-state index contributed by atoms with van der Waals surface area (Å²) in [6, 6.07) is 0. The summed E-state index contributed by atoms with van der Waals surface area (Å²) >= 11 is 1.23. The number of carboxylic acids is 1. The number of halogens is 3. The molecule has 0 fully saturated rings. The van der Waals surface area contributed by atoms with Gasteiger partial charge in [0.15, 0.2) is 0 Å². The summed E-state index contributed by atoms with van der Waals surface area (Å²) in [5, 5.41) is 9.33. The Kier molecular flexibility index (Phi) is 3.58. The summed E-state index contributed by atoms with van der Waals surface area (Å²) < 4.78 is 40.1. The smallest absolute Gasteiger partial charge is 0.411 e. The lowest BCUT2D eigenvalue weighted by atomic mass is 10.1. The third-order valence-corrected chi connectivity index (χ3v) is 3.66. The fourth-order valence-electron chi connectivity index (χ4n) is 1.83. The molecule has 18 heavy (non-hydrogen) atoms. The Labute approximate surface area is 104 Å². The van der Waals surface area contributed by atoms with Gasteiger partial charge in [0.05, 0.1) is 12.3 Å². The van der Waals surface area contributed by atoms with E-state index in [4.69, 9.17) is 5.11 Å². The van der Waals surface area contributed by atoms with Crippen molar-refractivity contribution in [2.75, 3.05) is 6.61 Å². The first-order chi connectivity index (χ1) is 8.37. The van der Waals surface area contributed by atoms with Crippen molar-refractivity contribution in [1.29, 1.82) is 0 Å². The average molecular weight is 281 g/mol. The van der Waals surface area contributed by atoms with Gasteiger partial charge in [0.2, 0.25) is 0 Å². The molecule has 8 heteroatoms. The molecule has 100 valence electrons. The van der Waals surface area contributed by atoms with Crippen LogP contribution >= 0.6 is 11.3 Å². The van der Waals surface area contributed by atoms with Crippen LogP contribution in [0.4, 0.5) is 13.2 Å². The summed E-state index contributed by atoms with van der Waals surface area (Å²) in [5.74, 6) is -1.57. The first kappa shape index (κ1) is 13.3. The van der Waals surface area contributed by atoms with Gasteiger partial charge in [-0.1, -0.05) is 0 Å². The third kappa shape index (κ3) is 2.99. The molecule has 0 radical (unpaired) electrons. The summed E-state index contributed by atoms with van der Waals surface area (Å²) in [6.07, 6.45) is -3.24. The largest absolute Gasteiger partial charge is 0.481 e. The molecule has 1 aromatic heterocycles. The minimum Gasteiger partial charge on any atom is -0.481 e. The molecule has 0 amide bonds. The van der Waals surface area contributed by atoms with Crippen molar-refractivity contribution in [1.82, 2.24) is 4.98 Å². The van der Waals surface area contributed by atoms with Crippen LogP contribution in [0.15, 0.2) is 0 Å². The van der Waals surface area contributed by atoms with Crippen LogP contribution < -0.4 is 0 Å². The van der Waals surface area contributed by atoms with Gasteiger partial charge in [0, 0.05) is 4.88 Å². The van der Waals surface area contributed by atoms with Crippen LogP contribution in [-0.4, -0.2) is 28.8 Å². The van der Waals surface area contributed by atoms with Crippen LogP contribution in [0.1, 0.15) is 27.9 Å². The lowest BCUT2D eigenvalue weighted by molar-refractivity contribution is -0.176. The molecule has 2 rings (SSSR count). The van der Waals surface area contributed by atoms with E-state index in [1.165, 1.54) is 11.3 Å². The molecule has 1 heterocycles. The highest BCUT2D eigenvalue weighted by atomic mass is 32.1. The lowest BCUT2D eigenvalue weighted by Gasteiger charge is -2.06. The first-order valence-corrected chi connectivity index (χ1v) is 6.04. The van der Waals surface area contributed by atoms with Crippen LogP contribution in [0.5, 0.6) is 0 Å². The molecule has 0 saturated heterocycles. The second-order valence-corrected chi connectivity index (χ2v) is 5.12. The molecule has 1 aliphatic rings. The predicted octanol–water partition coefficient (Wildman–Crippen LogP) is 2.34. The van der Waals surface area contributed by atoms with Crippen molar-refractivity contribution >= 4 is 17.3 Å². The predicted molar refractivity (Wildman–Crippen MR) is 56.5 cm³/mol. The summed E-state index contributed by atoms with van der Waals surface area (Å²) in [6.45, 7) is -1.55. The van der Waals surface area contributed by atoms with Crippen LogP contribution in [0, 0.1) is 0 Å². The molecule has 0 bridgehead atoms. The van der Waals surface area contributed by atoms with Crippen molar-refractivity contribution in [2.24, 2.45) is 0 Å². The second-order valence-electron chi connectivity index (χ2n) is 3.95. The fourth-order valence-corrected chi connectivity index (χ4v) is 2.92. The van der Waals surface area contributed by atoms with E-state index in [1.54, 1.807) is 0 Å². The summed E-state index contributed by atoms with van der Waals surface area (Å²) in [7, 11) is 0. The highest BCUT2D eigenvalue weighted by Crippen LogP contribution is 2.36. The molecule has 4 nitrogen and oxygen atoms in total. The minimum atomic E-state index is -4.36. The van der Waals surface area contributed by atoms with Gasteiger partial charge in [-0.3, -0.25) is 4.79 Å². The average Bonchev–Trinajstić information content (AvgIpc) is 2.73. The Morgan fingerprint density at radius 1 is 1.56 bits per heavy atom. The van der Waals surface area contributed by atoms with Gasteiger partial charge in [-0.2, -0.15) is 13.2 Å². The van der Waals surface area contributed by atoms with Crippen LogP contribution in [-0.2, 0) is 22.6 Å². The van der Waals surface area contributed by atoms with Crippen LogP contribution in [0.2, 0.25) is 0 Å². The molecule has 0 aliphatic heterocycles. The van der Waals surface area contributed by atoms with Crippen LogP contribution in [0.3, 0.4) is 0 Å². The van der Waals surface area contributed by atoms with Crippen molar-refractivity contribution < 1.29 is 27.8 Å². The van der Waals surface area contributed by atoms with Crippen molar-refractivity contribution in [3.8, 4) is 0 Å². The van der Waals surface area contributed by atoms with E-state index in [2.05, 4.69) is 9.72 Å². The topological polar surface area (TPSA) is 59.4 Å². The minimum absolute atomic E-state index is 0.233. The summed E-state index contributed by atoms with van der Waals surface area (Å²) in [4.78, 5) is 15.8. The van der Waals surface area contributed by atoms with Crippen molar-refractivity contribution in [3.05, 3.63) is 15.6 Å². The molecule has 0 spiro atoms. The highest BCUT2D eigenvalue weighted by Gasteiger charge is 2.32. The SMILES string of the molecule is O=C(O)C1CCc2sc(COCC(F)(F)F)nc21. The molecule has 1 aliphatic carbocycles. The van der Waals surface area contributed by atoms with Gasteiger partial charge >= 0.3 is 12.1 Å². The number of carbonyl (C=O) groups is 1. The monoisotopic (exact) mass is 281 g/mol. The van der Waals surface area contributed by atoms with Gasteiger partial charge in [-0.15, -0.1) is 11.3 Å². The van der Waals surface area contributed by atoms with E-state index in [0.717, 1.165) is 4.88 Å². The number of alkyl halides is 3. The zero-order valence-electron chi connectivity index (χ0n) is 9.16. The summed E-state index contributed by atoms with van der Waals surface area (Å²) in [5.41, 5.74) is 0.484. The van der Waals surface area contributed by atoms with Gasteiger partial charge in [0.1, 0.15) is 17.5 Å². The van der Waals surface area contributed by atoms with Crippen molar-refractivity contribution in [3.63, 3.8) is 0 Å². The molecular weight excluding hydrogens is 271 g/mol. The fraction of sp³-hybridized carbons (Fsp3) is 0.600. The maximum Gasteiger partial charge on any atom is 0.411 e. The van der Waals surface area contributed by atoms with Gasteiger partial charge < -0.3 is 9.84 Å². The highest BCUT2D eigenvalue weighted by molar-refractivity contribution is 7.11. The van der Waals surface area contributed by atoms with E-state index in [9.17, 15) is 18.0 Å². The number of hydrogen-bond donors (Lipinski definition) is 1. The number of nitrogens with zero attached hydrogens (tertiary/aromatic N) is 1. The Hall–Kier alpha value is -1.15. The maximum atomic E-state index is 11.9. The number of rotatable bonds is 4. The molecule has 1 unspecified atom stereocenters. The molecule has 0 aromatic carbocycles. The number of aromatic nitrogens is 1. The third-order valence-electron chi connectivity index (χ3n) is 2.55. The van der Waals surface area contributed by atoms with Crippen LogP contribution in [0.25, 0.3) is 0 Å². The Morgan fingerprint density at radius 2 is 2.28 bits per heavy atom. The van der Waals surface area contributed by atoms with E-state index >= 15 is 0 Å². The number of fused-ring (bicyclic) bond motifs is 1. The van der Waals surface area contributed by atoms with E-state index in [0.29, 0.717) is 23.5 Å². The van der Waals surface area contributed by atoms with E-state index in [1.807, 2.05) is 0 Å². The number of carboxylic acid groups (broad SMARTS) is 1. The quantitative estimate of drug-likeness (QED) is 0.920. The molecular formula is C10H10F3NO3S. The number of thiazole rings is 1. The first-order valence-electron chi connectivity index (χ1n) is 5.22. The Balaban J connectivity index is 1.97. The molecule has 1 N–H and O–H groups in total. The standard InChI is InChI=1S/C10H10F3NO3S/c11-10(12,13)4-17-3-7-14-8-5(9(15)16)1-2-6(8)18-7/h5H,1-4H2,(H,15,16). The number of aliphatic carboxylic acids is 1. The maximum absolute atomic E-state index is 11.9. The molecule has 1 aromatic rings. The normalized spacial score (nSPS) is 18.9. The number of ether oxygens (including phenoxy) is 1. The van der Waals surface area contributed by atoms with Gasteiger partial charge in [-0.05, 0) is 12.8 Å². The molecule has 0 saturated carbocycles. The lowest BCUT2D eigenvalue weighted by Crippen LogP contribution is -2.16. The van der Waals surface area contributed by atoms with Gasteiger partial charge in [-0.25, -0.2) is 4.98 Å². The molecule has 1 atom stereocenters. The second kappa shape index (κ2) is 4.85. The number of aryl methyl sites for hydroxylation is 1. The number of hydrogen-bond acceptors (Lipinski definition) is 4. The Bertz CT molecular complexity index is 458. The zero-order valence-corrected chi connectivity index (χ0v) is 9.98. The Morgan fingerprint density at radius 3 is 2.89 bits per heavy atom. The van der Waals surface area contributed by atoms with Crippen molar-refractivity contribution in [2.45, 2.75) is 31.5 Å². The van der Waals surface area contributed by atoms with E-state index in [-0.39, 0.29) is 6.61 Å². The zero-order chi connectivity index (χ0) is 13.3. The van der Waals surface area contributed by atoms with Gasteiger partial charge in [0.25, 0.3) is 0 Å².